The fraction of sp³-hybridized carbons (Fsp3) is 0.222. The number of thiazole rings is 1. The molecule has 4 nitrogen and oxygen atoms in total. The van der Waals surface area contributed by atoms with Crippen LogP contribution in [0.3, 0.4) is 0 Å². The molecule has 164 valence electrons. The van der Waals surface area contributed by atoms with E-state index in [2.05, 4.69) is 58.8 Å². The predicted octanol–water partition coefficient (Wildman–Crippen LogP) is 5.79. The van der Waals surface area contributed by atoms with Crippen molar-refractivity contribution < 1.29 is 9.84 Å². The van der Waals surface area contributed by atoms with E-state index in [4.69, 9.17) is 9.72 Å². The highest BCUT2D eigenvalue weighted by Crippen LogP contribution is 2.34. The summed E-state index contributed by atoms with van der Waals surface area (Å²) >= 11 is 1.63. The molecule has 1 aromatic heterocycles. The van der Waals surface area contributed by atoms with E-state index in [1.165, 1.54) is 11.1 Å². The first-order chi connectivity index (χ1) is 15.8. The van der Waals surface area contributed by atoms with Gasteiger partial charge in [0.1, 0.15) is 10.8 Å². The molecule has 1 heterocycles. The number of ether oxygens (including phenoxy) is 1. The van der Waals surface area contributed by atoms with E-state index in [1.54, 1.807) is 18.4 Å². The summed E-state index contributed by atoms with van der Waals surface area (Å²) in [4.78, 5) is 7.35. The number of rotatable bonds is 10. The van der Waals surface area contributed by atoms with Gasteiger partial charge >= 0.3 is 0 Å². The van der Waals surface area contributed by atoms with Crippen molar-refractivity contribution in [1.82, 2.24) is 9.88 Å². The smallest absolute Gasteiger partial charge is 0.129 e. The van der Waals surface area contributed by atoms with Gasteiger partial charge in [0, 0.05) is 25.1 Å². The van der Waals surface area contributed by atoms with Gasteiger partial charge in [-0.15, -0.1) is 11.3 Å². The molecular weight excluding hydrogens is 416 g/mol. The molecule has 0 fully saturated rings. The maximum absolute atomic E-state index is 9.56. The number of aliphatic hydroxyl groups excluding tert-OH is 1. The van der Waals surface area contributed by atoms with Crippen molar-refractivity contribution in [2.45, 2.75) is 19.0 Å². The molecule has 0 radical (unpaired) electrons. The van der Waals surface area contributed by atoms with E-state index in [1.807, 2.05) is 36.4 Å². The summed E-state index contributed by atoms with van der Waals surface area (Å²) in [7, 11) is 1.69. The second-order valence-corrected chi connectivity index (χ2v) is 8.47. The molecular formula is C27H28N2O2S. The number of benzene rings is 3. The standard InChI is InChI=1S/C27H28N2O2S/c1-31-25-16-9-8-15-24(25)27-28-23(20-32-27)19-29(17-10-18-30)26(21-11-4-2-5-12-21)22-13-6-3-7-14-22/h2-9,11-16,20,26,30H,10,17-19H2,1H3. The lowest BCUT2D eigenvalue weighted by atomic mass is 9.96. The Bertz CT molecular complexity index is 1060. The van der Waals surface area contributed by atoms with E-state index in [0.717, 1.165) is 28.6 Å². The van der Waals surface area contributed by atoms with Crippen molar-refractivity contribution in [3.8, 4) is 16.3 Å². The number of aromatic nitrogens is 1. The highest BCUT2D eigenvalue weighted by Gasteiger charge is 2.23. The summed E-state index contributed by atoms with van der Waals surface area (Å²) in [5.74, 6) is 0.831. The molecule has 0 saturated heterocycles. The Morgan fingerprint density at radius 2 is 1.53 bits per heavy atom. The van der Waals surface area contributed by atoms with Gasteiger partial charge in [-0.25, -0.2) is 4.98 Å². The van der Waals surface area contributed by atoms with Crippen molar-refractivity contribution in [1.29, 1.82) is 0 Å². The number of nitrogens with zero attached hydrogens (tertiary/aromatic N) is 2. The predicted molar refractivity (Wildman–Crippen MR) is 131 cm³/mol. The first-order valence-electron chi connectivity index (χ1n) is 10.8. The molecule has 0 aliphatic rings. The molecule has 0 atom stereocenters. The van der Waals surface area contributed by atoms with Crippen LogP contribution < -0.4 is 4.74 Å². The van der Waals surface area contributed by atoms with Crippen molar-refractivity contribution in [2.24, 2.45) is 0 Å². The average Bonchev–Trinajstić information content (AvgIpc) is 3.32. The molecule has 0 aliphatic carbocycles. The van der Waals surface area contributed by atoms with Crippen LogP contribution in [0.4, 0.5) is 0 Å². The number of aliphatic hydroxyl groups is 1. The van der Waals surface area contributed by atoms with E-state index in [0.29, 0.717) is 13.0 Å². The van der Waals surface area contributed by atoms with Crippen LogP contribution >= 0.6 is 11.3 Å². The van der Waals surface area contributed by atoms with Crippen LogP contribution in [0.25, 0.3) is 10.6 Å². The normalized spacial score (nSPS) is 11.2. The Morgan fingerprint density at radius 3 is 2.16 bits per heavy atom. The molecule has 4 rings (SSSR count). The van der Waals surface area contributed by atoms with E-state index >= 15 is 0 Å². The molecule has 5 heteroatoms. The van der Waals surface area contributed by atoms with Crippen molar-refractivity contribution in [3.63, 3.8) is 0 Å². The third-order valence-corrected chi connectivity index (χ3v) is 6.38. The van der Waals surface area contributed by atoms with E-state index in [-0.39, 0.29) is 12.6 Å². The highest BCUT2D eigenvalue weighted by molar-refractivity contribution is 7.13. The zero-order chi connectivity index (χ0) is 22.2. The van der Waals surface area contributed by atoms with Crippen molar-refractivity contribution >= 4 is 11.3 Å². The molecule has 4 aromatic rings. The van der Waals surface area contributed by atoms with Gasteiger partial charge in [0.15, 0.2) is 0 Å². The second kappa shape index (κ2) is 11.0. The van der Waals surface area contributed by atoms with Crippen LogP contribution in [0, 0.1) is 0 Å². The lowest BCUT2D eigenvalue weighted by Gasteiger charge is -2.32. The topological polar surface area (TPSA) is 45.6 Å². The SMILES string of the molecule is COc1ccccc1-c1nc(CN(CCCO)C(c2ccccc2)c2ccccc2)cs1. The molecule has 0 aliphatic heterocycles. The monoisotopic (exact) mass is 444 g/mol. The molecule has 0 amide bonds. The number of hydrogen-bond donors (Lipinski definition) is 1. The fourth-order valence-electron chi connectivity index (χ4n) is 3.99. The minimum absolute atomic E-state index is 0.0837. The maximum atomic E-state index is 9.56. The van der Waals surface area contributed by atoms with Gasteiger partial charge in [-0.05, 0) is 29.7 Å². The minimum Gasteiger partial charge on any atom is -0.496 e. The Morgan fingerprint density at radius 1 is 0.906 bits per heavy atom. The van der Waals surface area contributed by atoms with Crippen molar-refractivity contribution in [3.05, 3.63) is 107 Å². The third kappa shape index (κ3) is 5.25. The third-order valence-electron chi connectivity index (χ3n) is 5.45. The molecule has 0 unspecified atom stereocenters. The summed E-state index contributed by atoms with van der Waals surface area (Å²) < 4.78 is 5.53. The first kappa shape index (κ1) is 22.2. The quantitative estimate of drug-likeness (QED) is 0.336. The van der Waals surface area contributed by atoms with Crippen molar-refractivity contribution in [2.75, 3.05) is 20.3 Å². The summed E-state index contributed by atoms with van der Waals surface area (Å²) in [6, 6.07) is 29.2. The molecule has 1 N–H and O–H groups in total. The zero-order valence-electron chi connectivity index (χ0n) is 18.2. The largest absolute Gasteiger partial charge is 0.496 e. The molecule has 0 bridgehead atoms. The summed E-state index contributed by atoms with van der Waals surface area (Å²) in [6.07, 6.45) is 0.708. The van der Waals surface area contributed by atoms with Gasteiger partial charge in [-0.1, -0.05) is 72.8 Å². The lowest BCUT2D eigenvalue weighted by Crippen LogP contribution is -2.31. The Kier molecular flexibility index (Phi) is 7.67. The Hall–Kier alpha value is -2.99. The van der Waals surface area contributed by atoms with Crippen LogP contribution in [-0.2, 0) is 6.54 Å². The van der Waals surface area contributed by atoms with E-state index in [9.17, 15) is 5.11 Å². The summed E-state index contributed by atoms with van der Waals surface area (Å²) in [5, 5.41) is 12.6. The highest BCUT2D eigenvalue weighted by atomic mass is 32.1. The van der Waals surface area contributed by atoms with Crippen LogP contribution in [0.15, 0.2) is 90.3 Å². The van der Waals surface area contributed by atoms with Gasteiger partial charge in [0.05, 0.1) is 24.4 Å². The second-order valence-electron chi connectivity index (χ2n) is 7.62. The lowest BCUT2D eigenvalue weighted by molar-refractivity contribution is 0.185. The summed E-state index contributed by atoms with van der Waals surface area (Å²) in [6.45, 7) is 1.63. The molecule has 3 aromatic carbocycles. The van der Waals surface area contributed by atoms with Crippen LogP contribution in [0.1, 0.15) is 29.3 Å². The zero-order valence-corrected chi connectivity index (χ0v) is 19.0. The Balaban J connectivity index is 1.66. The fourth-order valence-corrected chi connectivity index (χ4v) is 4.83. The van der Waals surface area contributed by atoms with Crippen LogP contribution in [0.5, 0.6) is 5.75 Å². The van der Waals surface area contributed by atoms with Crippen LogP contribution in [-0.4, -0.2) is 35.3 Å². The molecule has 0 spiro atoms. The van der Waals surface area contributed by atoms with E-state index < -0.39 is 0 Å². The van der Waals surface area contributed by atoms with Gasteiger partial charge in [0.2, 0.25) is 0 Å². The van der Waals surface area contributed by atoms with Gasteiger partial charge in [-0.2, -0.15) is 0 Å². The van der Waals surface area contributed by atoms with Gasteiger partial charge in [-0.3, -0.25) is 4.90 Å². The Labute approximate surface area is 193 Å². The number of methoxy groups -OCH3 is 1. The minimum atomic E-state index is 0.0837. The average molecular weight is 445 g/mol. The molecule has 0 saturated carbocycles. The molecule has 32 heavy (non-hydrogen) atoms. The van der Waals surface area contributed by atoms with Gasteiger partial charge < -0.3 is 9.84 Å². The number of para-hydroxylation sites is 1. The maximum Gasteiger partial charge on any atom is 0.129 e. The summed E-state index contributed by atoms with van der Waals surface area (Å²) in [5.41, 5.74) is 4.50. The number of hydrogen-bond acceptors (Lipinski definition) is 5. The first-order valence-corrected chi connectivity index (χ1v) is 11.7. The van der Waals surface area contributed by atoms with Gasteiger partial charge in [0.25, 0.3) is 0 Å². The van der Waals surface area contributed by atoms with Crippen LogP contribution in [0.2, 0.25) is 0 Å².